The number of nitrogens with zero attached hydrogens (tertiary/aromatic N) is 1. The predicted molar refractivity (Wildman–Crippen MR) is 113 cm³/mol. The number of hydrogen-bond acceptors (Lipinski definition) is 4. The first-order valence-corrected chi connectivity index (χ1v) is 9.83. The fraction of sp³-hybridized carbons (Fsp3) is 0.364. The summed E-state index contributed by atoms with van der Waals surface area (Å²) in [5.41, 5.74) is 1.38. The van der Waals surface area contributed by atoms with Crippen LogP contribution >= 0.6 is 0 Å². The number of para-hydroxylation sites is 1. The summed E-state index contributed by atoms with van der Waals surface area (Å²) in [6.07, 6.45) is 1.53. The monoisotopic (exact) mass is 397 g/mol. The highest BCUT2D eigenvalue weighted by Crippen LogP contribution is 2.30. The van der Waals surface area contributed by atoms with E-state index in [1.54, 1.807) is 30.2 Å². The van der Waals surface area contributed by atoms with Crippen molar-refractivity contribution in [3.05, 3.63) is 48.5 Å². The van der Waals surface area contributed by atoms with Crippen molar-refractivity contribution in [2.45, 2.75) is 19.8 Å². The van der Waals surface area contributed by atoms with Gasteiger partial charge in [-0.25, -0.2) is 4.79 Å². The maximum Gasteiger partial charge on any atom is 0.321 e. The number of rotatable bonds is 6. The van der Waals surface area contributed by atoms with Crippen molar-refractivity contribution < 1.29 is 19.1 Å². The van der Waals surface area contributed by atoms with Crippen molar-refractivity contribution >= 4 is 23.3 Å². The van der Waals surface area contributed by atoms with Crippen LogP contribution in [-0.4, -0.2) is 43.6 Å². The number of anilines is 2. The average molecular weight is 397 g/mol. The lowest BCUT2D eigenvalue weighted by Gasteiger charge is -2.32. The first-order chi connectivity index (χ1) is 14.1. The zero-order valence-electron chi connectivity index (χ0n) is 16.8. The number of piperidine rings is 1. The SMILES string of the molecule is CCOc1ccc(NC(=O)[C@@H]2CCCN(C(=O)Nc3ccccc3)C2)cc1OC. The number of likely N-dealkylation sites (tertiary alicyclic amines) is 1. The van der Waals surface area contributed by atoms with Crippen molar-refractivity contribution in [1.82, 2.24) is 4.90 Å². The van der Waals surface area contributed by atoms with Gasteiger partial charge in [-0.3, -0.25) is 4.79 Å². The lowest BCUT2D eigenvalue weighted by atomic mass is 9.97. The molecular formula is C22H27N3O4. The van der Waals surface area contributed by atoms with Gasteiger partial charge < -0.3 is 25.0 Å². The maximum absolute atomic E-state index is 12.8. The van der Waals surface area contributed by atoms with Crippen LogP contribution in [0.5, 0.6) is 11.5 Å². The molecule has 0 aliphatic carbocycles. The Kier molecular flexibility index (Phi) is 6.94. The van der Waals surface area contributed by atoms with Gasteiger partial charge in [0, 0.05) is 30.5 Å². The Balaban J connectivity index is 1.60. The fourth-order valence-electron chi connectivity index (χ4n) is 3.36. The normalized spacial score (nSPS) is 16.1. The molecule has 154 valence electrons. The molecule has 2 aromatic rings. The number of benzene rings is 2. The smallest absolute Gasteiger partial charge is 0.321 e. The highest BCUT2D eigenvalue weighted by Gasteiger charge is 2.28. The van der Waals surface area contributed by atoms with E-state index in [2.05, 4.69) is 10.6 Å². The van der Waals surface area contributed by atoms with Gasteiger partial charge in [0.2, 0.25) is 5.91 Å². The summed E-state index contributed by atoms with van der Waals surface area (Å²) in [4.78, 5) is 27.0. The standard InChI is InChI=1S/C22H27N3O4/c1-3-29-19-12-11-18(14-20(19)28-2)23-21(26)16-8-7-13-25(15-16)22(27)24-17-9-5-4-6-10-17/h4-6,9-12,14,16H,3,7-8,13,15H2,1-2H3,(H,23,26)(H,24,27)/t16-/m1/s1. The van der Waals surface area contributed by atoms with Gasteiger partial charge in [-0.2, -0.15) is 0 Å². The number of amides is 3. The maximum atomic E-state index is 12.8. The molecule has 0 unspecified atom stereocenters. The van der Waals surface area contributed by atoms with E-state index in [1.165, 1.54) is 0 Å². The molecule has 2 N–H and O–H groups in total. The highest BCUT2D eigenvalue weighted by molar-refractivity contribution is 5.94. The summed E-state index contributed by atoms with van der Waals surface area (Å²) >= 11 is 0. The second-order valence-electron chi connectivity index (χ2n) is 6.87. The van der Waals surface area contributed by atoms with E-state index in [0.717, 1.165) is 18.5 Å². The minimum Gasteiger partial charge on any atom is -0.493 e. The van der Waals surface area contributed by atoms with Gasteiger partial charge in [0.1, 0.15) is 0 Å². The van der Waals surface area contributed by atoms with Crippen LogP contribution in [-0.2, 0) is 4.79 Å². The number of carbonyl (C=O) groups excluding carboxylic acids is 2. The number of urea groups is 1. The molecule has 7 nitrogen and oxygen atoms in total. The second kappa shape index (κ2) is 9.82. The second-order valence-corrected chi connectivity index (χ2v) is 6.87. The number of hydrogen-bond donors (Lipinski definition) is 2. The Morgan fingerprint density at radius 1 is 1.07 bits per heavy atom. The van der Waals surface area contributed by atoms with Crippen molar-refractivity contribution in [2.75, 3.05) is 37.4 Å². The van der Waals surface area contributed by atoms with E-state index in [0.29, 0.717) is 36.9 Å². The Bertz CT molecular complexity index is 841. The minimum absolute atomic E-state index is 0.103. The zero-order chi connectivity index (χ0) is 20.6. The summed E-state index contributed by atoms with van der Waals surface area (Å²) < 4.78 is 10.8. The van der Waals surface area contributed by atoms with Gasteiger partial charge in [0.05, 0.1) is 19.6 Å². The molecule has 0 radical (unpaired) electrons. The van der Waals surface area contributed by atoms with E-state index in [9.17, 15) is 9.59 Å². The Morgan fingerprint density at radius 3 is 2.59 bits per heavy atom. The number of ether oxygens (including phenoxy) is 2. The summed E-state index contributed by atoms with van der Waals surface area (Å²) in [6.45, 7) is 3.46. The molecule has 0 spiro atoms. The minimum atomic E-state index is -0.261. The third-order valence-electron chi connectivity index (χ3n) is 4.84. The fourth-order valence-corrected chi connectivity index (χ4v) is 3.36. The molecule has 1 aliphatic heterocycles. The molecule has 1 fully saturated rings. The molecule has 29 heavy (non-hydrogen) atoms. The summed E-state index contributed by atoms with van der Waals surface area (Å²) in [5.74, 6) is 0.836. The largest absolute Gasteiger partial charge is 0.493 e. The van der Waals surface area contributed by atoms with Crippen LogP contribution in [0.4, 0.5) is 16.2 Å². The number of nitrogens with one attached hydrogen (secondary N) is 2. The molecule has 0 aromatic heterocycles. The summed E-state index contributed by atoms with van der Waals surface area (Å²) in [7, 11) is 1.56. The molecule has 1 atom stereocenters. The van der Waals surface area contributed by atoms with E-state index < -0.39 is 0 Å². The van der Waals surface area contributed by atoms with Crippen LogP contribution in [0, 0.1) is 5.92 Å². The van der Waals surface area contributed by atoms with E-state index in [4.69, 9.17) is 9.47 Å². The lowest BCUT2D eigenvalue weighted by molar-refractivity contribution is -0.121. The van der Waals surface area contributed by atoms with Crippen molar-refractivity contribution in [1.29, 1.82) is 0 Å². The molecule has 3 amide bonds. The molecule has 2 aromatic carbocycles. The van der Waals surface area contributed by atoms with Crippen LogP contribution in [0.3, 0.4) is 0 Å². The molecule has 0 bridgehead atoms. The topological polar surface area (TPSA) is 79.9 Å². The Labute approximate surface area is 171 Å². The predicted octanol–water partition coefficient (Wildman–Crippen LogP) is 3.98. The Morgan fingerprint density at radius 2 is 1.86 bits per heavy atom. The van der Waals surface area contributed by atoms with Crippen LogP contribution in [0.1, 0.15) is 19.8 Å². The van der Waals surface area contributed by atoms with Crippen LogP contribution in [0.25, 0.3) is 0 Å². The Hall–Kier alpha value is -3.22. The summed E-state index contributed by atoms with van der Waals surface area (Å²) in [5, 5.41) is 5.81. The van der Waals surface area contributed by atoms with E-state index in [1.807, 2.05) is 37.3 Å². The molecule has 1 aliphatic rings. The molecular weight excluding hydrogens is 370 g/mol. The van der Waals surface area contributed by atoms with E-state index >= 15 is 0 Å². The molecule has 3 rings (SSSR count). The van der Waals surface area contributed by atoms with E-state index in [-0.39, 0.29) is 17.9 Å². The molecule has 0 saturated carbocycles. The van der Waals surface area contributed by atoms with Gasteiger partial charge in [-0.1, -0.05) is 18.2 Å². The number of methoxy groups -OCH3 is 1. The van der Waals surface area contributed by atoms with Gasteiger partial charge in [0.15, 0.2) is 11.5 Å². The lowest BCUT2D eigenvalue weighted by Crippen LogP contribution is -2.45. The van der Waals surface area contributed by atoms with Crippen LogP contribution in [0.15, 0.2) is 48.5 Å². The highest BCUT2D eigenvalue weighted by atomic mass is 16.5. The quantitative estimate of drug-likeness (QED) is 0.773. The first kappa shape index (κ1) is 20.5. The number of carbonyl (C=O) groups is 2. The first-order valence-electron chi connectivity index (χ1n) is 9.83. The van der Waals surface area contributed by atoms with Crippen LogP contribution in [0.2, 0.25) is 0 Å². The van der Waals surface area contributed by atoms with Crippen molar-refractivity contribution in [3.8, 4) is 11.5 Å². The summed E-state index contributed by atoms with van der Waals surface area (Å²) in [6, 6.07) is 14.4. The molecule has 7 heteroatoms. The van der Waals surface area contributed by atoms with Crippen molar-refractivity contribution in [3.63, 3.8) is 0 Å². The molecule has 1 heterocycles. The molecule has 1 saturated heterocycles. The van der Waals surface area contributed by atoms with Gasteiger partial charge in [0.25, 0.3) is 0 Å². The zero-order valence-corrected chi connectivity index (χ0v) is 16.8. The van der Waals surface area contributed by atoms with Gasteiger partial charge >= 0.3 is 6.03 Å². The van der Waals surface area contributed by atoms with Gasteiger partial charge in [-0.15, -0.1) is 0 Å². The van der Waals surface area contributed by atoms with Gasteiger partial charge in [-0.05, 0) is 44.0 Å². The van der Waals surface area contributed by atoms with Crippen LogP contribution < -0.4 is 20.1 Å². The van der Waals surface area contributed by atoms with Crippen molar-refractivity contribution in [2.24, 2.45) is 5.92 Å². The average Bonchev–Trinajstić information content (AvgIpc) is 2.75. The third-order valence-corrected chi connectivity index (χ3v) is 4.84. The third kappa shape index (κ3) is 5.40.